The minimum atomic E-state index is 0.00181. The van der Waals surface area contributed by atoms with Gasteiger partial charge < -0.3 is 15.0 Å². The highest BCUT2D eigenvalue weighted by atomic mass is 16.5. The summed E-state index contributed by atoms with van der Waals surface area (Å²) < 4.78 is 7.21. The fourth-order valence-corrected chi connectivity index (χ4v) is 4.25. The molecule has 0 bridgehead atoms. The van der Waals surface area contributed by atoms with Crippen molar-refractivity contribution in [1.82, 2.24) is 24.9 Å². The van der Waals surface area contributed by atoms with Crippen LogP contribution in [0.4, 0.5) is 5.82 Å². The molecule has 4 heterocycles. The molecule has 1 saturated heterocycles. The first-order valence-corrected chi connectivity index (χ1v) is 11.1. The van der Waals surface area contributed by atoms with Crippen molar-refractivity contribution in [2.75, 3.05) is 25.1 Å². The molecule has 1 aromatic carbocycles. The van der Waals surface area contributed by atoms with Crippen molar-refractivity contribution >= 4 is 17.2 Å². The van der Waals surface area contributed by atoms with Gasteiger partial charge in [0.1, 0.15) is 11.3 Å². The molecule has 33 heavy (non-hydrogen) atoms. The molecule has 1 fully saturated rings. The molecule has 1 aliphatic rings. The Balaban J connectivity index is 1.27. The molecular formula is C25H26N6O2. The van der Waals surface area contributed by atoms with Crippen LogP contribution in [-0.4, -0.2) is 45.7 Å². The van der Waals surface area contributed by atoms with Crippen molar-refractivity contribution < 1.29 is 9.53 Å². The normalized spacial score (nSPS) is 14.4. The van der Waals surface area contributed by atoms with Gasteiger partial charge in [0, 0.05) is 43.2 Å². The van der Waals surface area contributed by atoms with Crippen LogP contribution in [0.1, 0.15) is 18.5 Å². The van der Waals surface area contributed by atoms with Crippen molar-refractivity contribution in [1.29, 1.82) is 0 Å². The molecule has 168 valence electrons. The van der Waals surface area contributed by atoms with E-state index in [0.717, 1.165) is 60.0 Å². The molecule has 8 nitrogen and oxygen atoms in total. The lowest BCUT2D eigenvalue weighted by Gasteiger charge is -2.32. The number of hydrogen-bond donors (Lipinski definition) is 1. The molecule has 1 N–H and O–H groups in total. The van der Waals surface area contributed by atoms with Gasteiger partial charge in [-0.2, -0.15) is 5.10 Å². The molecule has 0 unspecified atom stereocenters. The third kappa shape index (κ3) is 4.50. The minimum Gasteiger partial charge on any atom is -0.497 e. The summed E-state index contributed by atoms with van der Waals surface area (Å²) >= 11 is 0. The largest absolute Gasteiger partial charge is 0.497 e. The summed E-state index contributed by atoms with van der Waals surface area (Å²) in [5.41, 5.74) is 3.68. The standard InChI is InChI=1S/C25H26N6O2/c1-33-21-7-4-5-19(15-21)22-16-23-24(27-11-14-31(23)29-22)30-12-8-18(9-13-30)25(32)28-17-20-6-2-3-10-26-20/h2-7,10-11,14-16,18H,8-9,12-13,17H2,1H3,(H,28,32). The number of ether oxygens (including phenoxy) is 1. The lowest BCUT2D eigenvalue weighted by molar-refractivity contribution is -0.125. The second-order valence-electron chi connectivity index (χ2n) is 8.14. The van der Waals surface area contributed by atoms with E-state index in [4.69, 9.17) is 9.84 Å². The van der Waals surface area contributed by atoms with Gasteiger partial charge in [0.05, 0.1) is 25.0 Å². The van der Waals surface area contributed by atoms with Gasteiger partial charge in [0.15, 0.2) is 5.82 Å². The van der Waals surface area contributed by atoms with E-state index >= 15 is 0 Å². The maximum absolute atomic E-state index is 12.6. The number of nitrogens with one attached hydrogen (secondary N) is 1. The van der Waals surface area contributed by atoms with Gasteiger partial charge >= 0.3 is 0 Å². The van der Waals surface area contributed by atoms with Crippen molar-refractivity contribution in [3.05, 3.63) is 72.8 Å². The lowest BCUT2D eigenvalue weighted by atomic mass is 9.96. The number of amides is 1. The number of carbonyl (C=O) groups excluding carboxylic acids is 1. The van der Waals surface area contributed by atoms with Crippen LogP contribution in [-0.2, 0) is 11.3 Å². The van der Waals surface area contributed by atoms with Crippen molar-refractivity contribution in [3.8, 4) is 17.0 Å². The Morgan fingerprint density at radius 3 is 2.76 bits per heavy atom. The number of nitrogens with zero attached hydrogens (tertiary/aromatic N) is 5. The van der Waals surface area contributed by atoms with E-state index in [9.17, 15) is 4.79 Å². The van der Waals surface area contributed by atoms with Crippen molar-refractivity contribution in [3.63, 3.8) is 0 Å². The summed E-state index contributed by atoms with van der Waals surface area (Å²) in [5, 5.41) is 7.76. The van der Waals surface area contributed by atoms with E-state index in [0.29, 0.717) is 6.54 Å². The first kappa shape index (κ1) is 20.9. The summed E-state index contributed by atoms with van der Waals surface area (Å²) in [6.07, 6.45) is 6.95. The number of aromatic nitrogens is 4. The Morgan fingerprint density at radius 1 is 1.09 bits per heavy atom. The molecule has 1 aliphatic heterocycles. The Bertz CT molecular complexity index is 1250. The van der Waals surface area contributed by atoms with Crippen LogP contribution in [0.3, 0.4) is 0 Å². The fourth-order valence-electron chi connectivity index (χ4n) is 4.25. The van der Waals surface area contributed by atoms with Crippen LogP contribution in [0.15, 0.2) is 67.1 Å². The van der Waals surface area contributed by atoms with Gasteiger partial charge in [-0.3, -0.25) is 9.78 Å². The Hall–Kier alpha value is -3.94. The van der Waals surface area contributed by atoms with E-state index < -0.39 is 0 Å². The molecule has 0 spiro atoms. The van der Waals surface area contributed by atoms with E-state index in [1.165, 1.54) is 0 Å². The quantitative estimate of drug-likeness (QED) is 0.493. The zero-order chi connectivity index (χ0) is 22.6. The van der Waals surface area contributed by atoms with Crippen molar-refractivity contribution in [2.24, 2.45) is 5.92 Å². The molecule has 3 aromatic heterocycles. The molecule has 0 radical (unpaired) electrons. The van der Waals surface area contributed by atoms with E-state index in [1.807, 2.05) is 53.2 Å². The number of benzene rings is 1. The average Bonchev–Trinajstić information content (AvgIpc) is 3.33. The number of piperidine rings is 1. The van der Waals surface area contributed by atoms with Gasteiger partial charge in [-0.05, 0) is 43.2 Å². The smallest absolute Gasteiger partial charge is 0.223 e. The Labute approximate surface area is 192 Å². The molecule has 1 amide bonds. The van der Waals surface area contributed by atoms with Crippen LogP contribution in [0.25, 0.3) is 16.8 Å². The second kappa shape index (κ2) is 9.28. The fraction of sp³-hybridized carbons (Fsp3) is 0.280. The minimum absolute atomic E-state index is 0.00181. The maximum atomic E-state index is 12.6. The average molecular weight is 443 g/mol. The molecule has 5 rings (SSSR count). The van der Waals surface area contributed by atoms with E-state index in [-0.39, 0.29) is 11.8 Å². The predicted octanol–water partition coefficient (Wildman–Crippen LogP) is 3.33. The molecule has 0 aliphatic carbocycles. The highest BCUT2D eigenvalue weighted by Crippen LogP contribution is 2.29. The Kier molecular flexibility index (Phi) is 5.89. The van der Waals surface area contributed by atoms with E-state index in [2.05, 4.69) is 26.3 Å². The number of methoxy groups -OCH3 is 1. The SMILES string of the molecule is COc1cccc(-c2cc3c(N4CCC(C(=O)NCc5ccccn5)CC4)nccn3n2)c1. The number of fused-ring (bicyclic) bond motifs is 1. The number of rotatable bonds is 6. The van der Waals surface area contributed by atoms with Crippen LogP contribution in [0, 0.1) is 5.92 Å². The van der Waals surface area contributed by atoms with Gasteiger partial charge in [-0.1, -0.05) is 18.2 Å². The van der Waals surface area contributed by atoms with E-state index in [1.54, 1.807) is 19.5 Å². The first-order valence-electron chi connectivity index (χ1n) is 11.1. The summed E-state index contributed by atoms with van der Waals surface area (Å²) in [6, 6.07) is 15.6. The topological polar surface area (TPSA) is 84.6 Å². The number of pyridine rings is 1. The third-order valence-corrected chi connectivity index (χ3v) is 6.07. The van der Waals surface area contributed by atoms with Gasteiger partial charge in [0.2, 0.25) is 5.91 Å². The number of carbonyl (C=O) groups is 1. The summed E-state index contributed by atoms with van der Waals surface area (Å²) in [5.74, 6) is 1.79. The van der Waals surface area contributed by atoms with Gasteiger partial charge in [-0.15, -0.1) is 0 Å². The summed E-state index contributed by atoms with van der Waals surface area (Å²) in [6.45, 7) is 2.01. The van der Waals surface area contributed by atoms with Crippen LogP contribution in [0.2, 0.25) is 0 Å². The van der Waals surface area contributed by atoms with Gasteiger partial charge in [0.25, 0.3) is 0 Å². The van der Waals surface area contributed by atoms with Crippen LogP contribution in [0.5, 0.6) is 5.75 Å². The Morgan fingerprint density at radius 2 is 1.97 bits per heavy atom. The molecular weight excluding hydrogens is 416 g/mol. The summed E-state index contributed by atoms with van der Waals surface area (Å²) in [7, 11) is 1.66. The number of anilines is 1. The number of hydrogen-bond acceptors (Lipinski definition) is 6. The summed E-state index contributed by atoms with van der Waals surface area (Å²) in [4.78, 5) is 23.8. The van der Waals surface area contributed by atoms with Gasteiger partial charge in [-0.25, -0.2) is 9.50 Å². The third-order valence-electron chi connectivity index (χ3n) is 6.07. The monoisotopic (exact) mass is 442 g/mol. The lowest BCUT2D eigenvalue weighted by Crippen LogP contribution is -2.40. The highest BCUT2D eigenvalue weighted by Gasteiger charge is 2.26. The molecule has 0 saturated carbocycles. The maximum Gasteiger partial charge on any atom is 0.223 e. The zero-order valence-corrected chi connectivity index (χ0v) is 18.5. The first-order chi connectivity index (χ1) is 16.2. The predicted molar refractivity (Wildman–Crippen MR) is 126 cm³/mol. The molecule has 4 aromatic rings. The second-order valence-corrected chi connectivity index (χ2v) is 8.14. The molecule has 8 heteroatoms. The molecule has 0 atom stereocenters. The van der Waals surface area contributed by atoms with Crippen molar-refractivity contribution in [2.45, 2.75) is 19.4 Å². The zero-order valence-electron chi connectivity index (χ0n) is 18.5. The van der Waals surface area contributed by atoms with Crippen LogP contribution < -0.4 is 15.0 Å². The van der Waals surface area contributed by atoms with Crippen LogP contribution >= 0.6 is 0 Å². The highest BCUT2D eigenvalue weighted by molar-refractivity contribution is 5.79.